The Labute approximate surface area is 144 Å². The number of carbonyl (C=O) groups is 2. The van der Waals surface area contributed by atoms with E-state index in [1.54, 1.807) is 36.4 Å². The number of anilines is 2. The van der Waals surface area contributed by atoms with Crippen LogP contribution in [0.4, 0.5) is 15.8 Å². The zero-order valence-electron chi connectivity index (χ0n) is 13.9. The van der Waals surface area contributed by atoms with Gasteiger partial charge in [-0.3, -0.25) is 9.59 Å². The minimum atomic E-state index is -0.350. The summed E-state index contributed by atoms with van der Waals surface area (Å²) in [6.45, 7) is 3.63. The quantitative estimate of drug-likeness (QED) is 0.668. The number of hydrogen-bond donors (Lipinski definition) is 3. The first-order valence-corrected chi connectivity index (χ1v) is 7.93. The van der Waals surface area contributed by atoms with Crippen molar-refractivity contribution in [1.29, 1.82) is 0 Å². The van der Waals surface area contributed by atoms with Gasteiger partial charge in [-0.1, -0.05) is 13.8 Å². The van der Waals surface area contributed by atoms with Crippen molar-refractivity contribution in [3.05, 3.63) is 60.0 Å². The van der Waals surface area contributed by atoms with Crippen LogP contribution in [0.15, 0.2) is 48.5 Å². The van der Waals surface area contributed by atoms with E-state index in [0.717, 1.165) is 0 Å². The summed E-state index contributed by atoms with van der Waals surface area (Å²) in [7, 11) is 0. The molecule has 1 heterocycles. The molecule has 6 heteroatoms. The molecule has 5 nitrogen and oxygen atoms in total. The van der Waals surface area contributed by atoms with Gasteiger partial charge in [0.1, 0.15) is 11.5 Å². The van der Waals surface area contributed by atoms with E-state index in [0.29, 0.717) is 28.0 Å². The predicted molar refractivity (Wildman–Crippen MR) is 96.1 cm³/mol. The van der Waals surface area contributed by atoms with Crippen molar-refractivity contribution in [2.45, 2.75) is 13.8 Å². The van der Waals surface area contributed by atoms with Crippen LogP contribution in [0.5, 0.6) is 0 Å². The van der Waals surface area contributed by atoms with Crippen LogP contribution in [0, 0.1) is 11.7 Å². The second-order valence-corrected chi connectivity index (χ2v) is 6.09. The number of aromatic nitrogens is 1. The molecule has 3 N–H and O–H groups in total. The Bertz CT molecular complexity index is 929. The first-order chi connectivity index (χ1) is 11.9. The lowest BCUT2D eigenvalue weighted by Gasteiger charge is -2.09. The fourth-order valence-corrected chi connectivity index (χ4v) is 2.35. The van der Waals surface area contributed by atoms with Crippen molar-refractivity contribution in [3.8, 4) is 0 Å². The summed E-state index contributed by atoms with van der Waals surface area (Å²) >= 11 is 0. The highest BCUT2D eigenvalue weighted by Crippen LogP contribution is 2.19. The van der Waals surface area contributed by atoms with Crippen LogP contribution in [-0.2, 0) is 4.79 Å². The minimum Gasteiger partial charge on any atom is -0.351 e. The van der Waals surface area contributed by atoms with Gasteiger partial charge >= 0.3 is 0 Å². The van der Waals surface area contributed by atoms with Gasteiger partial charge in [0.05, 0.1) is 0 Å². The van der Waals surface area contributed by atoms with Gasteiger partial charge in [-0.2, -0.15) is 0 Å². The maximum Gasteiger partial charge on any atom is 0.272 e. The van der Waals surface area contributed by atoms with Crippen molar-refractivity contribution in [2.24, 2.45) is 5.92 Å². The van der Waals surface area contributed by atoms with Crippen molar-refractivity contribution < 1.29 is 14.0 Å². The van der Waals surface area contributed by atoms with E-state index in [1.807, 2.05) is 13.8 Å². The molecule has 0 atom stereocenters. The van der Waals surface area contributed by atoms with Crippen molar-refractivity contribution in [3.63, 3.8) is 0 Å². The molecular formula is C19H18FN3O2. The molecule has 0 aliphatic rings. The molecule has 0 aliphatic carbocycles. The van der Waals surface area contributed by atoms with Gasteiger partial charge in [-0.15, -0.1) is 0 Å². The van der Waals surface area contributed by atoms with Crippen molar-refractivity contribution in [1.82, 2.24) is 4.98 Å². The third-order valence-corrected chi connectivity index (χ3v) is 3.76. The van der Waals surface area contributed by atoms with E-state index in [2.05, 4.69) is 15.6 Å². The molecule has 2 aromatic carbocycles. The Morgan fingerprint density at radius 1 is 0.960 bits per heavy atom. The van der Waals surface area contributed by atoms with Gasteiger partial charge < -0.3 is 15.6 Å². The van der Waals surface area contributed by atoms with Crippen LogP contribution in [0.2, 0.25) is 0 Å². The first kappa shape index (κ1) is 16.7. The molecular weight excluding hydrogens is 321 g/mol. The van der Waals surface area contributed by atoms with Gasteiger partial charge in [-0.05, 0) is 48.5 Å². The summed E-state index contributed by atoms with van der Waals surface area (Å²) in [4.78, 5) is 26.9. The second-order valence-electron chi connectivity index (χ2n) is 6.09. The summed E-state index contributed by atoms with van der Waals surface area (Å²) in [6, 6.07) is 12.7. The Morgan fingerprint density at radius 2 is 1.60 bits per heavy atom. The number of aromatic amines is 1. The average Bonchev–Trinajstić information content (AvgIpc) is 2.99. The maximum absolute atomic E-state index is 13.2. The molecule has 3 aromatic rings. The van der Waals surface area contributed by atoms with Crippen LogP contribution >= 0.6 is 0 Å². The molecule has 1 aromatic heterocycles. The molecule has 0 fully saturated rings. The van der Waals surface area contributed by atoms with Gasteiger partial charge in [0.25, 0.3) is 5.91 Å². The molecule has 25 heavy (non-hydrogen) atoms. The van der Waals surface area contributed by atoms with Crippen LogP contribution in [0.3, 0.4) is 0 Å². The number of halogens is 1. The lowest BCUT2D eigenvalue weighted by molar-refractivity contribution is -0.118. The largest absolute Gasteiger partial charge is 0.351 e. The standard InChI is InChI=1S/C19H18FN3O2/c1-11(2)18(24)21-14-4-6-15(7-5-14)22-19(25)17-10-12-9-13(20)3-8-16(12)23-17/h3-11,23H,1-2H3,(H,21,24)(H,22,25). The molecule has 3 rings (SSSR count). The summed E-state index contributed by atoms with van der Waals surface area (Å²) in [5.74, 6) is -0.846. The molecule has 128 valence electrons. The third-order valence-electron chi connectivity index (χ3n) is 3.76. The lowest BCUT2D eigenvalue weighted by Crippen LogP contribution is -2.17. The number of rotatable bonds is 4. The Balaban J connectivity index is 1.70. The van der Waals surface area contributed by atoms with E-state index < -0.39 is 0 Å². The highest BCUT2D eigenvalue weighted by atomic mass is 19.1. The van der Waals surface area contributed by atoms with Crippen molar-refractivity contribution in [2.75, 3.05) is 10.6 Å². The number of nitrogens with one attached hydrogen (secondary N) is 3. The topological polar surface area (TPSA) is 74.0 Å². The predicted octanol–water partition coefficient (Wildman–Crippen LogP) is 4.15. The smallest absolute Gasteiger partial charge is 0.272 e. The normalized spacial score (nSPS) is 10.9. The van der Waals surface area contributed by atoms with Gasteiger partial charge in [-0.25, -0.2) is 4.39 Å². The number of H-pyrrole nitrogens is 1. The van der Waals surface area contributed by atoms with Gasteiger partial charge in [0.2, 0.25) is 5.91 Å². The summed E-state index contributed by atoms with van der Waals surface area (Å²) in [5, 5.41) is 6.18. The number of benzene rings is 2. The number of amides is 2. The lowest BCUT2D eigenvalue weighted by atomic mass is 10.2. The molecule has 0 aliphatic heterocycles. The maximum atomic E-state index is 13.2. The third kappa shape index (κ3) is 3.85. The zero-order valence-corrected chi connectivity index (χ0v) is 13.9. The molecule has 2 amide bonds. The monoisotopic (exact) mass is 339 g/mol. The molecule has 0 saturated carbocycles. The highest BCUT2D eigenvalue weighted by molar-refractivity contribution is 6.06. The highest BCUT2D eigenvalue weighted by Gasteiger charge is 2.11. The minimum absolute atomic E-state index is 0.0675. The molecule has 0 radical (unpaired) electrons. The Hall–Kier alpha value is -3.15. The average molecular weight is 339 g/mol. The number of hydrogen-bond acceptors (Lipinski definition) is 2. The number of fused-ring (bicyclic) bond motifs is 1. The fourth-order valence-electron chi connectivity index (χ4n) is 2.35. The van der Waals surface area contributed by atoms with Crippen LogP contribution in [0.1, 0.15) is 24.3 Å². The first-order valence-electron chi connectivity index (χ1n) is 7.93. The second kappa shape index (κ2) is 6.76. The molecule has 0 bridgehead atoms. The van der Waals surface area contributed by atoms with E-state index in [9.17, 15) is 14.0 Å². The Kier molecular flexibility index (Phi) is 4.52. The molecule has 0 spiro atoms. The van der Waals surface area contributed by atoms with Gasteiger partial charge in [0.15, 0.2) is 0 Å². The summed E-state index contributed by atoms with van der Waals surface area (Å²) in [5.41, 5.74) is 2.30. The molecule has 0 unspecified atom stereocenters. The summed E-state index contributed by atoms with van der Waals surface area (Å²) in [6.07, 6.45) is 0. The van der Waals surface area contributed by atoms with Crippen LogP contribution in [0.25, 0.3) is 10.9 Å². The van der Waals surface area contributed by atoms with Crippen molar-refractivity contribution >= 4 is 34.1 Å². The van der Waals surface area contributed by atoms with Crippen LogP contribution in [-0.4, -0.2) is 16.8 Å². The van der Waals surface area contributed by atoms with E-state index in [1.165, 1.54) is 12.1 Å². The van der Waals surface area contributed by atoms with E-state index in [-0.39, 0.29) is 23.5 Å². The van der Waals surface area contributed by atoms with Crippen LogP contribution < -0.4 is 10.6 Å². The SMILES string of the molecule is CC(C)C(=O)Nc1ccc(NC(=O)c2cc3cc(F)ccc3[nH]2)cc1. The zero-order chi connectivity index (χ0) is 18.0. The van der Waals surface area contributed by atoms with E-state index in [4.69, 9.17) is 0 Å². The number of carbonyl (C=O) groups excluding carboxylic acids is 2. The van der Waals surface area contributed by atoms with Gasteiger partial charge in [0, 0.05) is 28.2 Å². The Morgan fingerprint density at radius 3 is 2.24 bits per heavy atom. The van der Waals surface area contributed by atoms with E-state index >= 15 is 0 Å². The molecule has 0 saturated heterocycles. The summed E-state index contributed by atoms with van der Waals surface area (Å²) < 4.78 is 13.2. The fraction of sp³-hybridized carbons (Fsp3) is 0.158.